The third-order valence-corrected chi connectivity index (χ3v) is 7.31. The van der Waals surface area contributed by atoms with Crippen LogP contribution in [-0.2, 0) is 0 Å². The Balaban J connectivity index is 1.48. The number of aliphatic hydroxyl groups excluding tert-OH is 1. The van der Waals surface area contributed by atoms with Gasteiger partial charge in [-0.1, -0.05) is 48.9 Å². The molecule has 6 heteroatoms. The number of aromatic hydroxyl groups is 2. The van der Waals surface area contributed by atoms with E-state index in [1.54, 1.807) is 24.3 Å². The van der Waals surface area contributed by atoms with E-state index in [1.807, 2.05) is 36.4 Å². The van der Waals surface area contributed by atoms with Crippen LogP contribution in [0.2, 0.25) is 0 Å². The number of nitrogens with one attached hydrogen (secondary N) is 1. The Bertz CT molecular complexity index is 1330. The van der Waals surface area contributed by atoms with Crippen molar-refractivity contribution in [2.24, 2.45) is 0 Å². The van der Waals surface area contributed by atoms with Gasteiger partial charge in [-0.25, -0.2) is 0 Å². The number of benzene rings is 4. The van der Waals surface area contributed by atoms with Crippen LogP contribution >= 0.6 is 0 Å². The Hall–Kier alpha value is -3.58. The SMILES string of the molecule is OCCNC(c1ccc(OCCN2CCCCC2)cc1)c1c(-c2ccc(O)cc2)ccc2cc(O)ccc12. The molecule has 4 aromatic carbocycles. The van der Waals surface area contributed by atoms with E-state index in [-0.39, 0.29) is 24.1 Å². The normalized spacial score (nSPS) is 15.0. The van der Waals surface area contributed by atoms with Crippen molar-refractivity contribution in [2.45, 2.75) is 25.3 Å². The van der Waals surface area contributed by atoms with Gasteiger partial charge in [0.1, 0.15) is 23.9 Å². The number of fused-ring (bicyclic) bond motifs is 1. The maximum Gasteiger partial charge on any atom is 0.119 e. The maximum atomic E-state index is 10.1. The molecule has 4 N–H and O–H groups in total. The second-order valence-electron chi connectivity index (χ2n) is 9.91. The number of phenols is 2. The summed E-state index contributed by atoms with van der Waals surface area (Å²) in [7, 11) is 0. The Morgan fingerprint density at radius 1 is 0.816 bits per heavy atom. The summed E-state index contributed by atoms with van der Waals surface area (Å²) in [5.74, 6) is 1.27. The van der Waals surface area contributed by atoms with E-state index in [2.05, 4.69) is 28.4 Å². The highest BCUT2D eigenvalue weighted by atomic mass is 16.5. The molecule has 1 fully saturated rings. The van der Waals surface area contributed by atoms with Crippen molar-refractivity contribution in [3.05, 3.63) is 90.0 Å². The predicted octanol–water partition coefficient (Wildman–Crippen LogP) is 5.45. The average molecular weight is 513 g/mol. The summed E-state index contributed by atoms with van der Waals surface area (Å²) < 4.78 is 6.06. The topological polar surface area (TPSA) is 85.2 Å². The van der Waals surface area contributed by atoms with Gasteiger partial charge in [-0.2, -0.15) is 0 Å². The summed E-state index contributed by atoms with van der Waals surface area (Å²) >= 11 is 0. The zero-order valence-electron chi connectivity index (χ0n) is 21.6. The highest BCUT2D eigenvalue weighted by Crippen LogP contribution is 2.39. The fraction of sp³-hybridized carbons (Fsp3) is 0.312. The molecule has 0 radical (unpaired) electrons. The second-order valence-corrected chi connectivity index (χ2v) is 9.91. The van der Waals surface area contributed by atoms with Gasteiger partial charge in [-0.15, -0.1) is 0 Å². The molecule has 5 rings (SSSR count). The summed E-state index contributed by atoms with van der Waals surface area (Å²) in [4.78, 5) is 2.47. The molecule has 1 unspecified atom stereocenters. The maximum absolute atomic E-state index is 10.1. The number of phenolic OH excluding ortho intramolecular Hbond substituents is 2. The first kappa shape index (κ1) is 26.0. The van der Waals surface area contributed by atoms with E-state index in [1.165, 1.54) is 19.3 Å². The van der Waals surface area contributed by atoms with Gasteiger partial charge in [0.25, 0.3) is 0 Å². The number of piperidine rings is 1. The minimum Gasteiger partial charge on any atom is -0.508 e. The van der Waals surface area contributed by atoms with E-state index >= 15 is 0 Å². The Morgan fingerprint density at radius 3 is 2.29 bits per heavy atom. The standard InChI is InChI=1S/C32H36N2O4/c35-20-16-33-32(24-6-12-28(13-7-24)38-21-19-34-17-2-1-3-18-34)31-29(23-4-9-26(36)10-5-23)14-8-25-22-27(37)11-15-30(25)31/h4-15,22,32-33,35-37H,1-3,16-21H2. The van der Waals surface area contributed by atoms with E-state index in [0.29, 0.717) is 13.2 Å². The highest BCUT2D eigenvalue weighted by Gasteiger charge is 2.21. The van der Waals surface area contributed by atoms with Gasteiger partial charge >= 0.3 is 0 Å². The lowest BCUT2D eigenvalue weighted by atomic mass is 9.86. The molecule has 38 heavy (non-hydrogen) atoms. The van der Waals surface area contributed by atoms with E-state index < -0.39 is 0 Å². The molecule has 0 aliphatic carbocycles. The van der Waals surface area contributed by atoms with Crippen LogP contribution in [0.4, 0.5) is 0 Å². The van der Waals surface area contributed by atoms with Crippen molar-refractivity contribution < 1.29 is 20.1 Å². The van der Waals surface area contributed by atoms with Crippen LogP contribution in [0.25, 0.3) is 21.9 Å². The third-order valence-electron chi connectivity index (χ3n) is 7.31. The molecule has 1 atom stereocenters. The van der Waals surface area contributed by atoms with Crippen LogP contribution in [0.1, 0.15) is 36.4 Å². The second kappa shape index (κ2) is 12.3. The van der Waals surface area contributed by atoms with E-state index in [4.69, 9.17) is 4.74 Å². The lowest BCUT2D eigenvalue weighted by Gasteiger charge is -2.26. The summed E-state index contributed by atoms with van der Waals surface area (Å²) in [5.41, 5.74) is 4.07. The van der Waals surface area contributed by atoms with Gasteiger partial charge < -0.3 is 25.4 Å². The van der Waals surface area contributed by atoms with Crippen molar-refractivity contribution in [2.75, 3.05) is 39.4 Å². The molecular formula is C32H36N2O4. The number of nitrogens with zero attached hydrogens (tertiary/aromatic N) is 1. The number of rotatable bonds is 10. The smallest absolute Gasteiger partial charge is 0.119 e. The first-order valence-electron chi connectivity index (χ1n) is 13.5. The lowest BCUT2D eigenvalue weighted by Crippen LogP contribution is -2.33. The molecule has 6 nitrogen and oxygen atoms in total. The van der Waals surface area contributed by atoms with Gasteiger partial charge in [-0.05, 0) is 95.4 Å². The lowest BCUT2D eigenvalue weighted by molar-refractivity contribution is 0.183. The number of ether oxygens (including phenoxy) is 1. The first-order chi connectivity index (χ1) is 18.6. The van der Waals surface area contributed by atoms with Crippen LogP contribution in [0.15, 0.2) is 78.9 Å². The minimum atomic E-state index is -0.221. The van der Waals surface area contributed by atoms with Gasteiger partial charge in [0.05, 0.1) is 12.6 Å². The Morgan fingerprint density at radius 2 is 1.55 bits per heavy atom. The summed E-state index contributed by atoms with van der Waals surface area (Å²) in [6.07, 6.45) is 3.88. The molecule has 0 saturated carbocycles. The molecule has 198 valence electrons. The quantitative estimate of drug-likeness (QED) is 0.226. The van der Waals surface area contributed by atoms with E-state index in [9.17, 15) is 15.3 Å². The van der Waals surface area contributed by atoms with Crippen LogP contribution in [0, 0.1) is 0 Å². The van der Waals surface area contributed by atoms with Crippen molar-refractivity contribution in [3.63, 3.8) is 0 Å². The fourth-order valence-electron chi connectivity index (χ4n) is 5.37. The molecule has 4 aromatic rings. The van der Waals surface area contributed by atoms with Crippen molar-refractivity contribution in [1.82, 2.24) is 10.2 Å². The molecule has 1 heterocycles. The molecule has 0 amide bonds. The van der Waals surface area contributed by atoms with Gasteiger partial charge in [0, 0.05) is 13.1 Å². The van der Waals surface area contributed by atoms with Crippen LogP contribution < -0.4 is 10.1 Å². The highest BCUT2D eigenvalue weighted by molar-refractivity contribution is 5.93. The zero-order chi connectivity index (χ0) is 26.3. The fourth-order valence-corrected chi connectivity index (χ4v) is 5.37. The third kappa shape index (κ3) is 6.10. The summed E-state index contributed by atoms with van der Waals surface area (Å²) in [5, 5.41) is 35.1. The van der Waals surface area contributed by atoms with Gasteiger partial charge in [0.15, 0.2) is 0 Å². The van der Waals surface area contributed by atoms with E-state index in [0.717, 1.165) is 58.4 Å². The number of hydrogen-bond acceptors (Lipinski definition) is 6. The molecule has 1 saturated heterocycles. The Labute approximate surface area is 224 Å². The summed E-state index contributed by atoms with van der Waals surface area (Å²) in [6.45, 7) is 4.36. The molecule has 1 aliphatic heterocycles. The van der Waals surface area contributed by atoms with Crippen molar-refractivity contribution >= 4 is 10.8 Å². The molecule has 0 bridgehead atoms. The Kier molecular flexibility index (Phi) is 8.44. The van der Waals surface area contributed by atoms with Crippen LogP contribution in [0.5, 0.6) is 17.2 Å². The largest absolute Gasteiger partial charge is 0.508 e. The monoisotopic (exact) mass is 512 g/mol. The molecule has 0 spiro atoms. The van der Waals surface area contributed by atoms with Gasteiger partial charge in [0.2, 0.25) is 0 Å². The first-order valence-corrected chi connectivity index (χ1v) is 13.5. The average Bonchev–Trinajstić information content (AvgIpc) is 2.95. The zero-order valence-corrected chi connectivity index (χ0v) is 21.6. The number of likely N-dealkylation sites (tertiary alicyclic amines) is 1. The van der Waals surface area contributed by atoms with Crippen molar-refractivity contribution in [3.8, 4) is 28.4 Å². The number of hydrogen-bond donors (Lipinski definition) is 4. The minimum absolute atomic E-state index is 0.00823. The number of aliphatic hydroxyl groups is 1. The van der Waals surface area contributed by atoms with Crippen LogP contribution in [-0.4, -0.2) is 59.6 Å². The van der Waals surface area contributed by atoms with Crippen LogP contribution in [0.3, 0.4) is 0 Å². The molecule has 1 aliphatic rings. The predicted molar refractivity (Wildman–Crippen MR) is 152 cm³/mol. The molecule has 0 aromatic heterocycles. The van der Waals surface area contributed by atoms with Crippen molar-refractivity contribution in [1.29, 1.82) is 0 Å². The molecular weight excluding hydrogens is 476 g/mol. The summed E-state index contributed by atoms with van der Waals surface area (Å²) in [6, 6.07) is 24.6. The van der Waals surface area contributed by atoms with Gasteiger partial charge in [-0.3, -0.25) is 4.90 Å².